The summed E-state index contributed by atoms with van der Waals surface area (Å²) in [6.07, 6.45) is -1.25. The number of carboxylic acid groups (broad SMARTS) is 1. The van der Waals surface area contributed by atoms with Gasteiger partial charge in [-0.15, -0.1) is 0 Å². The fourth-order valence-corrected chi connectivity index (χ4v) is 0. The van der Waals surface area contributed by atoms with Crippen molar-refractivity contribution in [3.05, 3.63) is 0 Å². The smallest absolute Gasteiger partial charge is 0.487 e. The third-order valence-corrected chi connectivity index (χ3v) is 0.175. The molecule has 0 fully saturated rings. The Labute approximate surface area is 61.4 Å². The molecule has 0 saturated carbocycles. The molecule has 0 spiro atoms. The first-order valence-corrected chi connectivity index (χ1v) is 1.04. The van der Waals surface area contributed by atoms with Crippen LogP contribution in [-0.2, 0) is 37.4 Å². The van der Waals surface area contributed by atoms with E-state index < -0.39 is 6.16 Å². The molecule has 0 unspecified atom stereocenters. The minimum absolute atomic E-state index is 0. The van der Waals surface area contributed by atoms with E-state index in [9.17, 15) is 0 Å². The second kappa shape index (κ2) is 5.44. The summed E-state index contributed by atoms with van der Waals surface area (Å²) in [5, 5.41) is 7.50. The molecule has 6 heavy (non-hydrogen) atoms. The second-order valence-corrected chi connectivity index (χ2v) is 0.470. The standard InChI is InChI=1S/CH3BO3.Y/c2-5-1(3)4;/h2H2,(H,3,4);. The average molecular weight is 163 g/mol. The van der Waals surface area contributed by atoms with Gasteiger partial charge in [-0.05, 0) is 0 Å². The van der Waals surface area contributed by atoms with E-state index in [0.29, 0.717) is 0 Å². The van der Waals surface area contributed by atoms with Crippen molar-refractivity contribution < 1.29 is 47.3 Å². The zero-order valence-electron chi connectivity index (χ0n) is 3.34. The summed E-state index contributed by atoms with van der Waals surface area (Å²) in [7, 11) is 1.10. The van der Waals surface area contributed by atoms with Gasteiger partial charge in [0, 0.05) is 32.7 Å². The van der Waals surface area contributed by atoms with Gasteiger partial charge in [0.15, 0.2) is 0 Å². The van der Waals surface area contributed by atoms with Crippen molar-refractivity contribution in [2.45, 2.75) is 0 Å². The Morgan fingerprint density at radius 3 is 2.00 bits per heavy atom. The Hall–Kier alpha value is 0.439. The summed E-state index contributed by atoms with van der Waals surface area (Å²) in [5.74, 6) is 0. The van der Waals surface area contributed by atoms with Crippen molar-refractivity contribution in [3.8, 4) is 0 Å². The van der Waals surface area contributed by atoms with E-state index in [4.69, 9.17) is 9.90 Å². The third-order valence-electron chi connectivity index (χ3n) is 0.175. The Balaban J connectivity index is 0. The van der Waals surface area contributed by atoms with Crippen molar-refractivity contribution in [1.29, 1.82) is 0 Å². The Bertz CT molecular complexity index is 46.1. The SMILES string of the molecule is BOC(=O)O.[Y]. The molecular formula is CH3BO3Y. The van der Waals surface area contributed by atoms with Gasteiger partial charge in [-0.1, -0.05) is 0 Å². The molecule has 3 nitrogen and oxygen atoms in total. The minimum Gasteiger partial charge on any atom is -0.513 e. The van der Waals surface area contributed by atoms with Crippen molar-refractivity contribution >= 4 is 14.2 Å². The molecule has 0 saturated heterocycles. The number of hydrogen-bond acceptors (Lipinski definition) is 2. The molecule has 0 aromatic carbocycles. The minimum atomic E-state index is -1.25. The van der Waals surface area contributed by atoms with Crippen LogP contribution in [0.1, 0.15) is 0 Å². The number of rotatable bonds is 0. The molecule has 0 aliphatic carbocycles. The molecule has 0 aromatic rings. The van der Waals surface area contributed by atoms with Gasteiger partial charge in [0.25, 0.3) is 0 Å². The van der Waals surface area contributed by atoms with Crippen LogP contribution in [-0.4, -0.2) is 19.3 Å². The van der Waals surface area contributed by atoms with E-state index in [1.807, 2.05) is 0 Å². The Morgan fingerprint density at radius 1 is 1.83 bits per heavy atom. The van der Waals surface area contributed by atoms with Crippen molar-refractivity contribution in [2.24, 2.45) is 0 Å². The van der Waals surface area contributed by atoms with Crippen LogP contribution in [0.5, 0.6) is 0 Å². The van der Waals surface area contributed by atoms with Crippen molar-refractivity contribution in [2.75, 3.05) is 0 Å². The van der Waals surface area contributed by atoms with Crippen LogP contribution in [0.25, 0.3) is 0 Å². The maximum Gasteiger partial charge on any atom is 0.487 e. The van der Waals surface area contributed by atoms with Crippen LogP contribution in [0, 0.1) is 0 Å². The van der Waals surface area contributed by atoms with Gasteiger partial charge in [-0.2, -0.15) is 0 Å². The first-order valence-electron chi connectivity index (χ1n) is 1.04. The zero-order valence-corrected chi connectivity index (χ0v) is 6.18. The molecule has 31 valence electrons. The predicted octanol–water partition coefficient (Wildman–Crippen LogP) is -0.773. The predicted molar refractivity (Wildman–Crippen MR) is 17.7 cm³/mol. The van der Waals surface area contributed by atoms with Crippen LogP contribution >= 0.6 is 0 Å². The van der Waals surface area contributed by atoms with E-state index in [1.165, 1.54) is 0 Å². The average Bonchev–Trinajstić information content (AvgIpc) is 1.38. The topological polar surface area (TPSA) is 46.5 Å². The van der Waals surface area contributed by atoms with Crippen LogP contribution in [0.4, 0.5) is 4.79 Å². The van der Waals surface area contributed by atoms with Gasteiger partial charge in [0.05, 0.1) is 0 Å². The molecule has 0 aromatic heterocycles. The molecule has 0 amide bonds. The quantitative estimate of drug-likeness (QED) is 0.476. The monoisotopic (exact) mass is 163 g/mol. The van der Waals surface area contributed by atoms with Gasteiger partial charge in [0.2, 0.25) is 0 Å². The van der Waals surface area contributed by atoms with Crippen molar-refractivity contribution in [3.63, 3.8) is 0 Å². The molecule has 0 atom stereocenters. The van der Waals surface area contributed by atoms with Gasteiger partial charge < -0.3 is 9.76 Å². The molecular weight excluding hydrogens is 160 g/mol. The maximum absolute atomic E-state index is 9.15. The van der Waals surface area contributed by atoms with E-state index >= 15 is 0 Å². The van der Waals surface area contributed by atoms with E-state index in [1.54, 1.807) is 0 Å². The van der Waals surface area contributed by atoms with E-state index in [2.05, 4.69) is 4.65 Å². The van der Waals surface area contributed by atoms with Gasteiger partial charge in [-0.25, -0.2) is 4.79 Å². The van der Waals surface area contributed by atoms with Crippen LogP contribution in [0.2, 0.25) is 0 Å². The summed E-state index contributed by atoms with van der Waals surface area (Å²) in [6.45, 7) is 0. The molecule has 5 heteroatoms. The fourth-order valence-electron chi connectivity index (χ4n) is 0. The van der Waals surface area contributed by atoms with E-state index in [0.717, 1.165) is 8.05 Å². The third kappa shape index (κ3) is 8.83. The molecule has 0 aliphatic rings. The molecule has 0 aliphatic heterocycles. The van der Waals surface area contributed by atoms with Crippen LogP contribution in [0.15, 0.2) is 0 Å². The first-order chi connectivity index (χ1) is 2.27. The Kier molecular flexibility index (Phi) is 8.76. The van der Waals surface area contributed by atoms with Crippen LogP contribution in [0.3, 0.4) is 0 Å². The fraction of sp³-hybridized carbons (Fsp3) is 0. The summed E-state index contributed by atoms with van der Waals surface area (Å²) >= 11 is 0. The normalized spacial score (nSPS) is 5.33. The zero-order chi connectivity index (χ0) is 4.28. The number of carbonyl (C=O) groups is 1. The molecule has 0 bridgehead atoms. The number of hydrogen-bond donors (Lipinski definition) is 1. The molecule has 0 rings (SSSR count). The second-order valence-electron chi connectivity index (χ2n) is 0.470. The summed E-state index contributed by atoms with van der Waals surface area (Å²) < 4.78 is 3.67. The largest absolute Gasteiger partial charge is 0.513 e. The van der Waals surface area contributed by atoms with Gasteiger partial charge in [-0.3, -0.25) is 0 Å². The van der Waals surface area contributed by atoms with Gasteiger partial charge in [0.1, 0.15) is 0 Å². The summed E-state index contributed by atoms with van der Waals surface area (Å²) in [5.41, 5.74) is 0. The molecule has 0 heterocycles. The summed E-state index contributed by atoms with van der Waals surface area (Å²) in [4.78, 5) is 9.15. The maximum atomic E-state index is 9.15. The van der Waals surface area contributed by atoms with Crippen LogP contribution < -0.4 is 0 Å². The van der Waals surface area contributed by atoms with E-state index in [-0.39, 0.29) is 32.7 Å². The molecule has 1 N–H and O–H groups in total. The molecule has 1 radical (unpaired) electrons. The first kappa shape index (κ1) is 9.67. The summed E-state index contributed by atoms with van der Waals surface area (Å²) in [6, 6.07) is 0. The van der Waals surface area contributed by atoms with Crippen molar-refractivity contribution in [1.82, 2.24) is 0 Å². The Morgan fingerprint density at radius 2 is 2.00 bits per heavy atom. The van der Waals surface area contributed by atoms with Gasteiger partial charge >= 0.3 is 14.2 Å².